The van der Waals surface area contributed by atoms with Crippen LogP contribution in [0.4, 0.5) is 5.69 Å². The lowest BCUT2D eigenvalue weighted by Crippen LogP contribution is -2.48. The van der Waals surface area contributed by atoms with Crippen molar-refractivity contribution in [3.8, 4) is 0 Å². The predicted octanol–water partition coefficient (Wildman–Crippen LogP) is 5.10. The number of anilines is 1. The minimum atomic E-state index is -3.95. The maximum absolute atomic E-state index is 14.0. The molecule has 2 aliphatic heterocycles. The Hall–Kier alpha value is -4.07. The van der Waals surface area contributed by atoms with Crippen LogP contribution in [-0.4, -0.2) is 30.5 Å². The standard InChI is InChI=1S/C31H27N3O3S/c1-22-15-17-27(18-16-22)38(36,37)34-21-24-10-6-5-9-23(24)19-29(34)31(35)32-30-28-14-8-7-11-25(28)20-33(30)26-12-3-2-4-13-26/h2-18,29H,19-21H2,1H3. The van der Waals surface area contributed by atoms with E-state index in [1.54, 1.807) is 24.3 Å². The lowest BCUT2D eigenvalue weighted by Gasteiger charge is -2.34. The van der Waals surface area contributed by atoms with E-state index < -0.39 is 22.0 Å². The summed E-state index contributed by atoms with van der Waals surface area (Å²) in [5.74, 6) is 0.0752. The lowest BCUT2D eigenvalue weighted by molar-refractivity contribution is -0.121. The van der Waals surface area contributed by atoms with Crippen LogP contribution in [-0.2, 0) is 34.3 Å². The Morgan fingerprint density at radius 2 is 1.39 bits per heavy atom. The summed E-state index contributed by atoms with van der Waals surface area (Å²) in [4.78, 5) is 20.8. The minimum absolute atomic E-state index is 0.118. The maximum atomic E-state index is 14.0. The molecule has 6 nitrogen and oxygen atoms in total. The highest BCUT2D eigenvalue weighted by Gasteiger charge is 2.40. The fourth-order valence-electron chi connectivity index (χ4n) is 5.20. The summed E-state index contributed by atoms with van der Waals surface area (Å²) in [6.45, 7) is 2.62. The number of hydrogen-bond donors (Lipinski definition) is 0. The van der Waals surface area contributed by atoms with Crippen molar-refractivity contribution in [3.05, 3.63) is 131 Å². The van der Waals surface area contributed by atoms with Gasteiger partial charge in [-0.2, -0.15) is 9.30 Å². The van der Waals surface area contributed by atoms with Crippen molar-refractivity contribution in [1.82, 2.24) is 4.31 Å². The summed E-state index contributed by atoms with van der Waals surface area (Å²) >= 11 is 0. The molecule has 0 N–H and O–H groups in total. The second-order valence-corrected chi connectivity index (χ2v) is 11.6. The van der Waals surface area contributed by atoms with E-state index in [9.17, 15) is 13.2 Å². The Kier molecular flexibility index (Phi) is 6.18. The molecule has 0 radical (unpaired) electrons. The van der Waals surface area contributed by atoms with E-state index in [0.29, 0.717) is 12.4 Å². The smallest absolute Gasteiger partial charge is 0.266 e. The van der Waals surface area contributed by atoms with Crippen LogP contribution in [0.5, 0.6) is 0 Å². The molecule has 4 aromatic rings. The number of para-hydroxylation sites is 1. The van der Waals surface area contributed by atoms with Gasteiger partial charge in [-0.3, -0.25) is 4.79 Å². The molecule has 190 valence electrons. The van der Waals surface area contributed by atoms with Crippen LogP contribution in [0.15, 0.2) is 113 Å². The van der Waals surface area contributed by atoms with E-state index in [1.807, 2.05) is 90.7 Å². The third kappa shape index (κ3) is 4.34. The number of sulfonamides is 1. The molecule has 7 heteroatoms. The average molecular weight is 522 g/mol. The van der Waals surface area contributed by atoms with E-state index in [4.69, 9.17) is 0 Å². The van der Waals surface area contributed by atoms with Crippen molar-refractivity contribution in [2.45, 2.75) is 37.4 Å². The number of aryl methyl sites for hydroxylation is 1. The maximum Gasteiger partial charge on any atom is 0.266 e. The number of benzene rings is 4. The van der Waals surface area contributed by atoms with Crippen LogP contribution in [0, 0.1) is 6.92 Å². The Balaban J connectivity index is 1.44. The van der Waals surface area contributed by atoms with Crippen LogP contribution in [0.2, 0.25) is 0 Å². The molecule has 4 aromatic carbocycles. The highest BCUT2D eigenvalue weighted by Crippen LogP contribution is 2.32. The van der Waals surface area contributed by atoms with Crippen molar-refractivity contribution >= 4 is 27.5 Å². The van der Waals surface area contributed by atoms with Gasteiger partial charge in [-0.1, -0.05) is 84.4 Å². The number of amidine groups is 1. The van der Waals surface area contributed by atoms with Crippen LogP contribution in [0.25, 0.3) is 0 Å². The van der Waals surface area contributed by atoms with Gasteiger partial charge >= 0.3 is 0 Å². The summed E-state index contributed by atoms with van der Waals surface area (Å²) in [5, 5.41) is 0. The van der Waals surface area contributed by atoms with E-state index >= 15 is 0 Å². The van der Waals surface area contributed by atoms with Gasteiger partial charge in [0.1, 0.15) is 11.9 Å². The van der Waals surface area contributed by atoms with Crippen LogP contribution in [0.3, 0.4) is 0 Å². The number of amides is 1. The molecule has 2 aliphatic rings. The quantitative estimate of drug-likeness (QED) is 0.375. The SMILES string of the molecule is Cc1ccc(S(=O)(=O)N2Cc3ccccc3CC2C(=O)N=C2c3ccccc3CN2c2ccccc2)cc1. The van der Waals surface area contributed by atoms with Crippen molar-refractivity contribution in [1.29, 1.82) is 0 Å². The first kappa shape index (κ1) is 24.3. The van der Waals surface area contributed by atoms with Gasteiger partial charge in [-0.05, 0) is 54.3 Å². The molecule has 0 spiro atoms. The average Bonchev–Trinajstić information content (AvgIpc) is 3.31. The molecular formula is C31H27N3O3S. The third-order valence-electron chi connectivity index (χ3n) is 7.24. The van der Waals surface area contributed by atoms with Gasteiger partial charge in [-0.25, -0.2) is 8.42 Å². The Bertz CT molecular complexity index is 1650. The molecule has 0 bridgehead atoms. The summed E-state index contributed by atoms with van der Waals surface area (Å²) in [6, 6.07) is 31.2. The number of carbonyl (C=O) groups excluding carboxylic acids is 1. The van der Waals surface area contributed by atoms with Gasteiger partial charge in [0.25, 0.3) is 5.91 Å². The summed E-state index contributed by atoms with van der Waals surface area (Å²) in [7, 11) is -3.95. The molecule has 0 fully saturated rings. The summed E-state index contributed by atoms with van der Waals surface area (Å²) < 4.78 is 29.0. The lowest BCUT2D eigenvalue weighted by atomic mass is 9.95. The first-order valence-corrected chi connectivity index (χ1v) is 14.0. The first-order chi connectivity index (χ1) is 18.4. The van der Waals surface area contributed by atoms with Gasteiger partial charge in [0.15, 0.2) is 0 Å². The molecule has 6 rings (SSSR count). The highest BCUT2D eigenvalue weighted by atomic mass is 32.2. The van der Waals surface area contributed by atoms with E-state index in [-0.39, 0.29) is 17.9 Å². The Morgan fingerprint density at radius 3 is 2.13 bits per heavy atom. The number of aliphatic imine (C=N–C) groups is 1. The van der Waals surface area contributed by atoms with Crippen molar-refractivity contribution in [3.63, 3.8) is 0 Å². The third-order valence-corrected chi connectivity index (χ3v) is 9.11. The molecule has 1 amide bonds. The summed E-state index contributed by atoms with van der Waals surface area (Å²) in [5.41, 5.74) is 5.71. The van der Waals surface area contributed by atoms with Gasteiger partial charge in [0, 0.05) is 17.8 Å². The molecule has 1 unspecified atom stereocenters. The monoisotopic (exact) mass is 521 g/mol. The van der Waals surface area contributed by atoms with Gasteiger partial charge in [0.2, 0.25) is 10.0 Å². The molecule has 38 heavy (non-hydrogen) atoms. The van der Waals surface area contributed by atoms with Crippen molar-refractivity contribution in [2.75, 3.05) is 4.90 Å². The van der Waals surface area contributed by atoms with E-state index in [0.717, 1.165) is 33.5 Å². The first-order valence-electron chi connectivity index (χ1n) is 12.6. The second kappa shape index (κ2) is 9.67. The highest BCUT2D eigenvalue weighted by molar-refractivity contribution is 7.89. The van der Waals surface area contributed by atoms with Crippen molar-refractivity contribution in [2.24, 2.45) is 4.99 Å². The normalized spacial score (nSPS) is 18.3. The second-order valence-electron chi connectivity index (χ2n) is 9.70. The number of carbonyl (C=O) groups is 1. The zero-order chi connectivity index (χ0) is 26.3. The molecule has 0 saturated carbocycles. The van der Waals surface area contributed by atoms with E-state index in [1.165, 1.54) is 4.31 Å². The molecular weight excluding hydrogens is 494 g/mol. The van der Waals surface area contributed by atoms with Gasteiger partial charge in [0.05, 0.1) is 11.4 Å². The molecule has 0 aliphatic carbocycles. The molecule has 2 heterocycles. The topological polar surface area (TPSA) is 70.0 Å². The van der Waals surface area contributed by atoms with Crippen LogP contribution >= 0.6 is 0 Å². The molecule has 0 aromatic heterocycles. The number of fused-ring (bicyclic) bond motifs is 2. The van der Waals surface area contributed by atoms with Crippen molar-refractivity contribution < 1.29 is 13.2 Å². The molecule has 1 atom stereocenters. The Labute approximate surface area is 222 Å². The predicted molar refractivity (Wildman–Crippen MR) is 148 cm³/mol. The zero-order valence-corrected chi connectivity index (χ0v) is 21.8. The van der Waals surface area contributed by atoms with Crippen LogP contribution in [0.1, 0.15) is 27.8 Å². The van der Waals surface area contributed by atoms with Gasteiger partial charge in [-0.15, -0.1) is 0 Å². The number of nitrogens with zero attached hydrogens (tertiary/aromatic N) is 3. The van der Waals surface area contributed by atoms with Crippen LogP contribution < -0.4 is 4.90 Å². The fourth-order valence-corrected chi connectivity index (χ4v) is 6.76. The zero-order valence-electron chi connectivity index (χ0n) is 21.0. The minimum Gasteiger partial charge on any atom is -0.321 e. The Morgan fingerprint density at radius 1 is 0.763 bits per heavy atom. The fraction of sp³-hybridized carbons (Fsp3) is 0.161. The number of rotatable bonds is 4. The summed E-state index contributed by atoms with van der Waals surface area (Å²) in [6.07, 6.45) is 0.268. The van der Waals surface area contributed by atoms with Gasteiger partial charge < -0.3 is 4.90 Å². The molecule has 0 saturated heterocycles. The van der Waals surface area contributed by atoms with E-state index in [2.05, 4.69) is 4.99 Å². The number of hydrogen-bond acceptors (Lipinski definition) is 3. The largest absolute Gasteiger partial charge is 0.321 e.